The van der Waals surface area contributed by atoms with Crippen molar-refractivity contribution >= 4 is 18.0 Å². The number of carbonyl (C=O) groups is 2. The molecule has 2 heterocycles. The molecule has 0 aliphatic carbocycles. The highest BCUT2D eigenvalue weighted by atomic mass is 16.7. The molecule has 0 amide bonds. The first-order chi connectivity index (χ1) is 14.7. The Morgan fingerprint density at radius 1 is 1.32 bits per heavy atom. The van der Waals surface area contributed by atoms with E-state index in [1.54, 1.807) is 7.11 Å². The van der Waals surface area contributed by atoms with Crippen LogP contribution in [0.15, 0.2) is 17.9 Å². The third-order valence-electron chi connectivity index (χ3n) is 6.55. The molecule has 0 saturated carbocycles. The molecule has 6 nitrogen and oxygen atoms in total. The summed E-state index contributed by atoms with van der Waals surface area (Å²) < 4.78 is 22.6. The molecule has 0 spiro atoms. The Labute approximate surface area is 183 Å². The quantitative estimate of drug-likeness (QED) is 0.213. The van der Waals surface area contributed by atoms with Crippen molar-refractivity contribution in [1.82, 2.24) is 0 Å². The van der Waals surface area contributed by atoms with Gasteiger partial charge < -0.3 is 18.9 Å². The molecule has 2 aliphatic heterocycles. The molecule has 0 radical (unpaired) electrons. The van der Waals surface area contributed by atoms with Crippen LogP contribution in [0.25, 0.3) is 5.57 Å². The molecule has 3 atom stereocenters. The van der Waals surface area contributed by atoms with Crippen LogP contribution in [0.5, 0.6) is 0 Å². The van der Waals surface area contributed by atoms with E-state index in [-0.39, 0.29) is 18.5 Å². The maximum absolute atomic E-state index is 12.5. The van der Waals surface area contributed by atoms with E-state index in [4.69, 9.17) is 25.4 Å². The Kier molecular flexibility index (Phi) is 6.59. The third-order valence-corrected chi connectivity index (χ3v) is 6.55. The third kappa shape index (κ3) is 4.00. The molecule has 1 aromatic carbocycles. The van der Waals surface area contributed by atoms with Crippen LogP contribution in [0.4, 0.5) is 4.79 Å². The van der Waals surface area contributed by atoms with E-state index in [1.165, 1.54) is 0 Å². The lowest BCUT2D eigenvalue weighted by Gasteiger charge is -2.42. The van der Waals surface area contributed by atoms with Crippen LogP contribution in [-0.4, -0.2) is 44.5 Å². The number of methoxy groups -OCH3 is 1. The highest BCUT2D eigenvalue weighted by molar-refractivity contribution is 6.09. The van der Waals surface area contributed by atoms with Gasteiger partial charge >= 0.3 is 6.16 Å². The highest BCUT2D eigenvalue weighted by Crippen LogP contribution is 2.60. The molecule has 0 N–H and O–H groups in total. The monoisotopic (exact) mass is 426 g/mol. The Balaban J connectivity index is 2.22. The van der Waals surface area contributed by atoms with Crippen LogP contribution >= 0.6 is 0 Å². The van der Waals surface area contributed by atoms with Gasteiger partial charge in [0.25, 0.3) is 0 Å². The topological polar surface area (TPSA) is 71.1 Å². The minimum atomic E-state index is -0.939. The number of hydrogen-bond acceptors (Lipinski definition) is 6. The maximum Gasteiger partial charge on any atom is 0.514 e. The van der Waals surface area contributed by atoms with Gasteiger partial charge in [0.15, 0.2) is 12.9 Å². The van der Waals surface area contributed by atoms with Gasteiger partial charge in [-0.1, -0.05) is 23.6 Å². The van der Waals surface area contributed by atoms with Gasteiger partial charge in [-0.2, -0.15) is 0 Å². The van der Waals surface area contributed by atoms with E-state index < -0.39 is 17.2 Å². The molecule has 0 aromatic heterocycles. The number of aldehydes is 1. The van der Waals surface area contributed by atoms with E-state index in [1.807, 2.05) is 39.8 Å². The van der Waals surface area contributed by atoms with Crippen molar-refractivity contribution in [3.63, 3.8) is 0 Å². The number of rotatable bonds is 7. The molecule has 2 aliphatic rings. The number of ether oxygens (including phenoxy) is 4. The fourth-order valence-electron chi connectivity index (χ4n) is 5.33. The molecule has 2 bridgehead atoms. The van der Waals surface area contributed by atoms with Crippen LogP contribution < -0.4 is 0 Å². The molecule has 1 aromatic rings. The first-order valence-electron chi connectivity index (χ1n) is 10.4. The summed E-state index contributed by atoms with van der Waals surface area (Å²) in [7, 11) is 1.62. The van der Waals surface area contributed by atoms with E-state index in [0.29, 0.717) is 18.6 Å². The summed E-state index contributed by atoms with van der Waals surface area (Å²) in [6, 6.07) is 4.01. The zero-order valence-electron chi connectivity index (χ0n) is 18.9. The Morgan fingerprint density at radius 3 is 2.55 bits per heavy atom. The van der Waals surface area contributed by atoms with Crippen molar-refractivity contribution in [1.29, 1.82) is 0 Å². The van der Waals surface area contributed by atoms with Crippen LogP contribution in [-0.2, 0) is 23.7 Å². The molecule has 2 saturated heterocycles. The second-order valence-corrected chi connectivity index (χ2v) is 8.72. The summed E-state index contributed by atoms with van der Waals surface area (Å²) in [4.78, 5) is 25.0. The summed E-state index contributed by atoms with van der Waals surface area (Å²) in [5, 5.41) is 0. The zero-order valence-corrected chi connectivity index (χ0v) is 18.9. The van der Waals surface area contributed by atoms with Gasteiger partial charge in [-0.3, -0.25) is 4.79 Å². The fraction of sp³-hybridized carbons (Fsp3) is 0.520. The number of aryl methyl sites for hydroxylation is 3. The maximum atomic E-state index is 12.5. The summed E-state index contributed by atoms with van der Waals surface area (Å²) >= 11 is 0. The normalized spacial score (nSPS) is 27.4. The van der Waals surface area contributed by atoms with Gasteiger partial charge in [0.05, 0.1) is 23.7 Å². The zero-order chi connectivity index (χ0) is 22.8. The van der Waals surface area contributed by atoms with E-state index in [0.717, 1.165) is 41.4 Å². The summed E-state index contributed by atoms with van der Waals surface area (Å²) in [5.74, 6) is 2.50. The van der Waals surface area contributed by atoms with Gasteiger partial charge in [0, 0.05) is 7.11 Å². The van der Waals surface area contributed by atoms with Crippen molar-refractivity contribution in [3.8, 4) is 12.3 Å². The first-order valence-corrected chi connectivity index (χ1v) is 10.4. The first kappa shape index (κ1) is 23.1. The number of carbonyl (C=O) groups excluding carboxylic acids is 2. The van der Waals surface area contributed by atoms with Gasteiger partial charge in [0.1, 0.15) is 11.4 Å². The van der Waals surface area contributed by atoms with Gasteiger partial charge in [-0.05, 0) is 63.6 Å². The molecule has 2 fully saturated rings. The number of allylic oxidation sites excluding steroid dienone is 1. The summed E-state index contributed by atoms with van der Waals surface area (Å²) in [6.07, 6.45) is 7.28. The minimum absolute atomic E-state index is 0.00796. The Morgan fingerprint density at radius 2 is 2.00 bits per heavy atom. The molecule has 6 heteroatoms. The highest BCUT2D eigenvalue weighted by Gasteiger charge is 2.64. The molecular weight excluding hydrogens is 396 g/mol. The van der Waals surface area contributed by atoms with Crippen LogP contribution in [0.2, 0.25) is 0 Å². The largest absolute Gasteiger partial charge is 0.514 e. The van der Waals surface area contributed by atoms with Gasteiger partial charge in [0.2, 0.25) is 0 Å². The van der Waals surface area contributed by atoms with E-state index >= 15 is 0 Å². The summed E-state index contributed by atoms with van der Waals surface area (Å²) in [5.41, 5.74) is 2.54. The average molecular weight is 427 g/mol. The van der Waals surface area contributed by atoms with Crippen LogP contribution in [0.3, 0.4) is 0 Å². The molecular formula is C25H30O6. The SMILES string of the molecule is C#CCOC(=O)O/C(=C(/C=O)c1c(C)cc(C)cc1C)[C@@]1(C)C[C@@H]2CC[C@@]1(COC)O2. The van der Waals surface area contributed by atoms with E-state index in [9.17, 15) is 9.59 Å². The number of hydrogen-bond donors (Lipinski definition) is 0. The van der Waals surface area contributed by atoms with Crippen molar-refractivity contribution < 1.29 is 28.5 Å². The number of fused-ring (bicyclic) bond motifs is 2. The number of terminal acetylenes is 1. The molecule has 31 heavy (non-hydrogen) atoms. The summed E-state index contributed by atoms with van der Waals surface area (Å²) in [6.45, 7) is 7.96. The lowest BCUT2D eigenvalue weighted by molar-refractivity contribution is -0.104. The second-order valence-electron chi connectivity index (χ2n) is 8.72. The lowest BCUT2D eigenvalue weighted by atomic mass is 9.64. The van der Waals surface area contributed by atoms with Gasteiger partial charge in [-0.25, -0.2) is 4.79 Å². The molecule has 0 unspecified atom stereocenters. The minimum Gasteiger partial charge on any atom is -0.421 e. The smallest absolute Gasteiger partial charge is 0.421 e. The van der Waals surface area contributed by atoms with Crippen LogP contribution in [0, 0.1) is 38.5 Å². The second kappa shape index (κ2) is 8.86. The Bertz CT molecular complexity index is 932. The fourth-order valence-corrected chi connectivity index (χ4v) is 5.33. The van der Waals surface area contributed by atoms with Crippen molar-refractivity contribution in [2.24, 2.45) is 5.41 Å². The standard InChI is InChI=1S/C25H30O6/c1-7-10-29-23(27)30-22(20(14-26)21-17(3)11-16(2)12-18(21)4)24(5)13-19-8-9-25(24,31-19)15-28-6/h1,11-12,14,19H,8-10,13,15H2,2-6H3/b22-20-/t19-,24+,25-/m0/s1. The van der Waals surface area contributed by atoms with Crippen molar-refractivity contribution in [2.75, 3.05) is 20.3 Å². The average Bonchev–Trinajstić information content (AvgIpc) is 3.23. The predicted molar refractivity (Wildman–Crippen MR) is 116 cm³/mol. The molecule has 166 valence electrons. The van der Waals surface area contributed by atoms with Crippen molar-refractivity contribution in [3.05, 3.63) is 40.1 Å². The van der Waals surface area contributed by atoms with Crippen molar-refractivity contribution in [2.45, 2.75) is 58.7 Å². The predicted octanol–water partition coefficient (Wildman–Crippen LogP) is 4.28. The lowest BCUT2D eigenvalue weighted by Crippen LogP contribution is -2.49. The van der Waals surface area contributed by atoms with Crippen LogP contribution in [0.1, 0.15) is 48.4 Å². The Hall–Kier alpha value is -2.62. The van der Waals surface area contributed by atoms with Gasteiger partial charge in [-0.15, -0.1) is 6.42 Å². The van der Waals surface area contributed by atoms with E-state index in [2.05, 4.69) is 5.92 Å². The number of benzene rings is 1. The molecule has 3 rings (SSSR count).